The van der Waals surface area contributed by atoms with E-state index in [2.05, 4.69) is 254 Å². The number of anilines is 3. The zero-order valence-corrected chi connectivity index (χ0v) is 39.8. The van der Waals surface area contributed by atoms with E-state index in [0.29, 0.717) is 0 Å². The molecule has 7 aromatic rings. The van der Waals surface area contributed by atoms with Crippen molar-refractivity contribution in [3.8, 4) is 33.4 Å². The molecule has 0 saturated heterocycles. The maximum atomic E-state index is 2.58. The number of hydrogen-bond acceptors (Lipinski definition) is 1. The SMILES string of the molecule is CC(C)(C)c1cc(-c2cccc3cccc(-c4ccccc4N(c4cc(C(C)(C)C)cc(C(C)(C)C)c4)c4cc(C(C)(C)C)ccc4-c4ccccc4)c23)cc(C(C)(C)C)c1. The Labute approximate surface area is 368 Å². The third kappa shape index (κ3) is 9.13. The molecular formula is C60H69N. The standard InChI is InChI=1S/C60H69N/c1-56(2,3)43-31-32-49(40-23-17-16-18-24-40)54(39-43)61(48-37-46(59(10,11)12)36-47(38-48)60(13,14)15)53-30-20-19-27-51(53)52-29-22-26-41-25-21-28-50(55(41)52)42-33-44(57(4,5)6)35-45(34-42)58(7,8)9/h16-39H,1-15H3. The monoisotopic (exact) mass is 804 g/mol. The Morgan fingerprint density at radius 2 is 0.754 bits per heavy atom. The van der Waals surface area contributed by atoms with Gasteiger partial charge in [0.25, 0.3) is 0 Å². The number of benzene rings is 7. The molecule has 0 bridgehead atoms. The predicted octanol–water partition coefficient (Wildman–Crippen LogP) is 17.8. The van der Waals surface area contributed by atoms with Crippen LogP contribution in [0.15, 0.2) is 146 Å². The first-order chi connectivity index (χ1) is 28.4. The fraction of sp³-hybridized carbons (Fsp3) is 0.333. The molecule has 1 heteroatoms. The molecule has 314 valence electrons. The quantitative estimate of drug-likeness (QED) is 0.162. The molecule has 0 heterocycles. The van der Waals surface area contributed by atoms with Crippen LogP contribution in [-0.2, 0) is 27.1 Å². The smallest absolute Gasteiger partial charge is 0.0543 e. The largest absolute Gasteiger partial charge is 0.309 e. The predicted molar refractivity (Wildman–Crippen MR) is 268 cm³/mol. The molecule has 7 rings (SSSR count). The molecule has 1 nitrogen and oxygen atoms in total. The summed E-state index contributed by atoms with van der Waals surface area (Å²) >= 11 is 0. The Balaban J connectivity index is 1.62. The van der Waals surface area contributed by atoms with E-state index in [1.165, 1.54) is 83.3 Å². The number of nitrogens with zero attached hydrogens (tertiary/aromatic N) is 1. The van der Waals surface area contributed by atoms with Crippen LogP contribution in [0.2, 0.25) is 0 Å². The van der Waals surface area contributed by atoms with E-state index in [9.17, 15) is 0 Å². The number of para-hydroxylation sites is 1. The molecular weight excluding hydrogens is 735 g/mol. The molecule has 0 spiro atoms. The first-order valence-electron chi connectivity index (χ1n) is 22.3. The fourth-order valence-electron chi connectivity index (χ4n) is 8.41. The van der Waals surface area contributed by atoms with Crippen LogP contribution in [0.4, 0.5) is 17.1 Å². The summed E-state index contributed by atoms with van der Waals surface area (Å²) in [6.45, 7) is 35.0. The van der Waals surface area contributed by atoms with E-state index >= 15 is 0 Å². The molecule has 0 radical (unpaired) electrons. The number of fused-ring (bicyclic) bond motifs is 1. The van der Waals surface area contributed by atoms with E-state index in [0.717, 1.165) is 5.69 Å². The van der Waals surface area contributed by atoms with Crippen molar-refractivity contribution in [2.45, 2.75) is 131 Å². The van der Waals surface area contributed by atoms with Gasteiger partial charge in [-0.1, -0.05) is 225 Å². The van der Waals surface area contributed by atoms with Crippen LogP contribution < -0.4 is 4.90 Å². The average Bonchev–Trinajstić information content (AvgIpc) is 3.19. The molecule has 0 N–H and O–H groups in total. The highest BCUT2D eigenvalue weighted by molar-refractivity contribution is 6.09. The van der Waals surface area contributed by atoms with Crippen LogP contribution in [0, 0.1) is 0 Å². The minimum atomic E-state index is -0.0608. The highest BCUT2D eigenvalue weighted by Crippen LogP contribution is 2.49. The van der Waals surface area contributed by atoms with E-state index < -0.39 is 0 Å². The van der Waals surface area contributed by atoms with Gasteiger partial charge in [0, 0.05) is 16.8 Å². The Bertz CT molecular complexity index is 2620. The van der Waals surface area contributed by atoms with Crippen molar-refractivity contribution in [1.82, 2.24) is 0 Å². The Morgan fingerprint density at radius 1 is 0.295 bits per heavy atom. The summed E-state index contributed by atoms with van der Waals surface area (Å²) in [6, 6.07) is 55.5. The van der Waals surface area contributed by atoms with Crippen LogP contribution in [0.25, 0.3) is 44.2 Å². The van der Waals surface area contributed by atoms with Crippen LogP contribution >= 0.6 is 0 Å². The summed E-state index contributed by atoms with van der Waals surface area (Å²) < 4.78 is 0. The first kappa shape index (κ1) is 43.7. The van der Waals surface area contributed by atoms with Crippen LogP contribution in [0.5, 0.6) is 0 Å². The molecule has 7 aromatic carbocycles. The van der Waals surface area contributed by atoms with Gasteiger partial charge in [-0.2, -0.15) is 0 Å². The molecule has 0 aliphatic rings. The van der Waals surface area contributed by atoms with Crippen molar-refractivity contribution in [3.63, 3.8) is 0 Å². The van der Waals surface area contributed by atoms with Gasteiger partial charge >= 0.3 is 0 Å². The Kier molecular flexibility index (Phi) is 11.3. The van der Waals surface area contributed by atoms with E-state index in [-0.39, 0.29) is 27.1 Å². The zero-order valence-electron chi connectivity index (χ0n) is 39.8. The normalized spacial score (nSPS) is 12.8. The van der Waals surface area contributed by atoms with Crippen LogP contribution in [0.1, 0.15) is 132 Å². The first-order valence-corrected chi connectivity index (χ1v) is 22.3. The summed E-state index contributed by atoms with van der Waals surface area (Å²) in [4.78, 5) is 2.58. The Morgan fingerprint density at radius 3 is 1.28 bits per heavy atom. The molecule has 61 heavy (non-hydrogen) atoms. The lowest BCUT2D eigenvalue weighted by Gasteiger charge is -2.34. The van der Waals surface area contributed by atoms with Crippen LogP contribution in [0.3, 0.4) is 0 Å². The Hall–Kier alpha value is -5.40. The van der Waals surface area contributed by atoms with Gasteiger partial charge in [0.2, 0.25) is 0 Å². The molecule has 0 unspecified atom stereocenters. The zero-order chi connectivity index (χ0) is 44.3. The molecule has 0 saturated carbocycles. The van der Waals surface area contributed by atoms with Crippen LogP contribution in [-0.4, -0.2) is 0 Å². The maximum Gasteiger partial charge on any atom is 0.0543 e. The van der Waals surface area contributed by atoms with E-state index in [4.69, 9.17) is 0 Å². The van der Waals surface area contributed by atoms with Gasteiger partial charge in [-0.3, -0.25) is 0 Å². The van der Waals surface area contributed by atoms with Crippen molar-refractivity contribution in [2.24, 2.45) is 0 Å². The van der Waals surface area contributed by atoms with Gasteiger partial charge in [0.15, 0.2) is 0 Å². The lowest BCUT2D eigenvalue weighted by atomic mass is 9.78. The second-order valence-corrected chi connectivity index (χ2v) is 22.5. The molecule has 0 amide bonds. The van der Waals surface area contributed by atoms with Gasteiger partial charge in [-0.05, 0) is 112 Å². The highest BCUT2D eigenvalue weighted by Gasteiger charge is 2.29. The van der Waals surface area contributed by atoms with Gasteiger partial charge in [-0.25, -0.2) is 0 Å². The second kappa shape index (κ2) is 15.8. The molecule has 0 fully saturated rings. The third-order valence-corrected chi connectivity index (χ3v) is 12.4. The third-order valence-electron chi connectivity index (χ3n) is 12.4. The average molecular weight is 804 g/mol. The summed E-state index contributed by atoms with van der Waals surface area (Å²) in [5.74, 6) is 0. The fourth-order valence-corrected chi connectivity index (χ4v) is 8.41. The second-order valence-electron chi connectivity index (χ2n) is 22.5. The van der Waals surface area contributed by atoms with Crippen molar-refractivity contribution in [3.05, 3.63) is 173 Å². The molecule has 0 aliphatic heterocycles. The number of rotatable bonds is 6. The van der Waals surface area contributed by atoms with E-state index in [1.807, 2.05) is 0 Å². The lowest BCUT2D eigenvalue weighted by molar-refractivity contribution is 0.568. The molecule has 0 aliphatic carbocycles. The summed E-state index contributed by atoms with van der Waals surface area (Å²) in [7, 11) is 0. The van der Waals surface area contributed by atoms with Crippen molar-refractivity contribution in [1.29, 1.82) is 0 Å². The van der Waals surface area contributed by atoms with Gasteiger partial charge in [0.05, 0.1) is 11.4 Å². The van der Waals surface area contributed by atoms with Gasteiger partial charge < -0.3 is 4.90 Å². The maximum absolute atomic E-state index is 2.58. The lowest BCUT2D eigenvalue weighted by Crippen LogP contribution is -2.20. The van der Waals surface area contributed by atoms with Gasteiger partial charge in [-0.15, -0.1) is 0 Å². The van der Waals surface area contributed by atoms with Crippen molar-refractivity contribution >= 4 is 27.8 Å². The highest BCUT2D eigenvalue weighted by atomic mass is 15.1. The summed E-state index contributed by atoms with van der Waals surface area (Å²) in [5, 5.41) is 2.51. The van der Waals surface area contributed by atoms with Gasteiger partial charge in [0.1, 0.15) is 0 Å². The number of hydrogen-bond donors (Lipinski definition) is 0. The minimum Gasteiger partial charge on any atom is -0.309 e. The summed E-state index contributed by atoms with van der Waals surface area (Å²) in [5.41, 5.74) is 17.3. The molecule has 0 atom stereocenters. The minimum absolute atomic E-state index is 0.00206. The summed E-state index contributed by atoms with van der Waals surface area (Å²) in [6.07, 6.45) is 0. The molecule has 0 aromatic heterocycles. The topological polar surface area (TPSA) is 3.24 Å². The van der Waals surface area contributed by atoms with Crippen molar-refractivity contribution < 1.29 is 0 Å². The van der Waals surface area contributed by atoms with Crippen molar-refractivity contribution in [2.75, 3.05) is 4.90 Å². The van der Waals surface area contributed by atoms with E-state index in [1.54, 1.807) is 0 Å².